The van der Waals surface area contributed by atoms with Crippen LogP contribution in [0.25, 0.3) is 0 Å². The first-order chi connectivity index (χ1) is 15.3. The number of urea groups is 1. The van der Waals surface area contributed by atoms with Crippen molar-refractivity contribution in [2.75, 3.05) is 27.4 Å². The molecule has 0 saturated carbocycles. The number of ether oxygens (including phenoxy) is 3. The quantitative estimate of drug-likeness (QED) is 0.628. The Morgan fingerprint density at radius 2 is 1.44 bits per heavy atom. The molecule has 1 aliphatic rings. The number of hydrogen-bond acceptors (Lipinski definition) is 7. The van der Waals surface area contributed by atoms with Crippen molar-refractivity contribution in [3.05, 3.63) is 59.7 Å². The summed E-state index contributed by atoms with van der Waals surface area (Å²) in [5.74, 6) is -0.383. The number of carbonyl (C=O) groups excluding carboxylic acids is 4. The first-order valence-corrected chi connectivity index (χ1v) is 9.75. The molecule has 10 heteroatoms. The summed E-state index contributed by atoms with van der Waals surface area (Å²) in [6.45, 7) is 0.997. The van der Waals surface area contributed by atoms with E-state index in [1.165, 1.54) is 14.2 Å². The van der Waals surface area contributed by atoms with Crippen molar-refractivity contribution in [2.45, 2.75) is 12.5 Å². The molecule has 0 atom stereocenters. The van der Waals surface area contributed by atoms with Crippen LogP contribution in [-0.4, -0.2) is 56.2 Å². The second kappa shape index (κ2) is 9.38. The average Bonchev–Trinajstić information content (AvgIpc) is 3.04. The fourth-order valence-corrected chi connectivity index (χ4v) is 3.42. The lowest BCUT2D eigenvalue weighted by molar-refractivity contribution is -0.134. The smallest absolute Gasteiger partial charge is 0.413 e. The van der Waals surface area contributed by atoms with Crippen LogP contribution in [0.15, 0.2) is 48.5 Å². The van der Waals surface area contributed by atoms with Crippen LogP contribution < -0.4 is 20.1 Å². The Morgan fingerprint density at radius 1 is 0.938 bits per heavy atom. The summed E-state index contributed by atoms with van der Waals surface area (Å²) < 4.78 is 15.0. The summed E-state index contributed by atoms with van der Waals surface area (Å²) in [6, 6.07) is 12.5. The number of hydrogen-bond donors (Lipinski definition) is 2. The molecule has 0 aromatic heterocycles. The van der Waals surface area contributed by atoms with Gasteiger partial charge in [-0.05, 0) is 42.3 Å². The van der Waals surface area contributed by atoms with E-state index in [0.29, 0.717) is 22.6 Å². The van der Waals surface area contributed by atoms with E-state index >= 15 is 0 Å². The molecular weight excluding hydrogens is 418 g/mol. The summed E-state index contributed by atoms with van der Waals surface area (Å²) in [4.78, 5) is 50.8. The topological polar surface area (TPSA) is 123 Å². The SMILES string of the molecule is CCOC(=O)NC(=O)CN1C(=O)NC(c2ccc(OC)cc2)(c2ccc(OC)cc2)C1=O. The van der Waals surface area contributed by atoms with Crippen LogP contribution in [0.2, 0.25) is 0 Å². The van der Waals surface area contributed by atoms with Gasteiger partial charge < -0.3 is 19.5 Å². The van der Waals surface area contributed by atoms with E-state index in [4.69, 9.17) is 9.47 Å². The molecule has 1 saturated heterocycles. The minimum absolute atomic E-state index is 0.0697. The Balaban J connectivity index is 1.99. The van der Waals surface area contributed by atoms with Gasteiger partial charge in [0.15, 0.2) is 5.54 Å². The monoisotopic (exact) mass is 441 g/mol. The molecule has 1 aliphatic heterocycles. The Hall–Kier alpha value is -4.08. The zero-order chi connectivity index (χ0) is 23.3. The predicted octanol–water partition coefficient (Wildman–Crippen LogP) is 1.77. The predicted molar refractivity (Wildman–Crippen MR) is 112 cm³/mol. The van der Waals surface area contributed by atoms with E-state index in [2.05, 4.69) is 10.1 Å². The number of rotatable bonds is 7. The van der Waals surface area contributed by atoms with Crippen molar-refractivity contribution in [1.29, 1.82) is 0 Å². The highest BCUT2D eigenvalue weighted by molar-refractivity contribution is 6.11. The average molecular weight is 441 g/mol. The lowest BCUT2D eigenvalue weighted by Gasteiger charge is -2.28. The fraction of sp³-hybridized carbons (Fsp3) is 0.273. The Bertz CT molecular complexity index is 971. The number of carbonyl (C=O) groups is 4. The van der Waals surface area contributed by atoms with Crippen molar-refractivity contribution < 1.29 is 33.4 Å². The van der Waals surface area contributed by atoms with E-state index in [1.807, 2.05) is 5.32 Å². The summed E-state index contributed by atoms with van der Waals surface area (Å²) in [5, 5.41) is 4.70. The number of methoxy groups -OCH3 is 2. The fourth-order valence-electron chi connectivity index (χ4n) is 3.42. The summed E-state index contributed by atoms with van der Waals surface area (Å²) in [5.41, 5.74) is -0.648. The Kier molecular flexibility index (Phi) is 6.62. The number of alkyl carbamates (subject to hydrolysis) is 1. The highest BCUT2D eigenvalue weighted by atomic mass is 16.5. The lowest BCUT2D eigenvalue weighted by atomic mass is 9.82. The van der Waals surface area contributed by atoms with Gasteiger partial charge in [-0.2, -0.15) is 0 Å². The standard InChI is InChI=1S/C22H23N3O7/c1-4-32-21(29)23-18(26)13-25-19(27)22(24-20(25)28,14-5-9-16(30-2)10-6-14)15-7-11-17(31-3)12-8-15/h5-12H,4,13H2,1-3H3,(H,24,28)(H,23,26,29). The number of imide groups is 2. The molecule has 2 N–H and O–H groups in total. The Labute approximate surface area is 184 Å². The van der Waals surface area contributed by atoms with Gasteiger partial charge in [-0.3, -0.25) is 19.8 Å². The molecule has 5 amide bonds. The van der Waals surface area contributed by atoms with Gasteiger partial charge in [-0.1, -0.05) is 24.3 Å². The van der Waals surface area contributed by atoms with Gasteiger partial charge in [-0.15, -0.1) is 0 Å². The third kappa shape index (κ3) is 4.20. The molecule has 3 rings (SSSR count). The number of benzene rings is 2. The molecule has 0 aliphatic carbocycles. The van der Waals surface area contributed by atoms with E-state index in [1.54, 1.807) is 55.5 Å². The molecule has 0 spiro atoms. The van der Waals surface area contributed by atoms with Gasteiger partial charge >= 0.3 is 12.1 Å². The first-order valence-electron chi connectivity index (χ1n) is 9.75. The van der Waals surface area contributed by atoms with Gasteiger partial charge in [0, 0.05) is 0 Å². The van der Waals surface area contributed by atoms with Crippen molar-refractivity contribution in [3.8, 4) is 11.5 Å². The minimum atomic E-state index is -1.58. The van der Waals surface area contributed by atoms with Crippen LogP contribution >= 0.6 is 0 Å². The lowest BCUT2D eigenvalue weighted by Crippen LogP contribution is -2.46. The van der Waals surface area contributed by atoms with Crippen LogP contribution in [-0.2, 0) is 19.9 Å². The molecule has 1 heterocycles. The highest BCUT2D eigenvalue weighted by Gasteiger charge is 2.54. The maximum Gasteiger partial charge on any atom is 0.413 e. The number of nitrogens with one attached hydrogen (secondary N) is 2. The zero-order valence-corrected chi connectivity index (χ0v) is 17.8. The zero-order valence-electron chi connectivity index (χ0n) is 17.8. The summed E-state index contributed by atoms with van der Waals surface area (Å²) in [7, 11) is 3.03. The van der Waals surface area contributed by atoms with Crippen LogP contribution in [0.3, 0.4) is 0 Å². The van der Waals surface area contributed by atoms with E-state index < -0.39 is 36.0 Å². The maximum absolute atomic E-state index is 13.6. The molecule has 32 heavy (non-hydrogen) atoms. The van der Waals surface area contributed by atoms with Crippen molar-refractivity contribution >= 4 is 23.9 Å². The van der Waals surface area contributed by atoms with Gasteiger partial charge in [0.25, 0.3) is 5.91 Å². The minimum Gasteiger partial charge on any atom is -0.497 e. The third-order valence-corrected chi connectivity index (χ3v) is 4.97. The van der Waals surface area contributed by atoms with Crippen LogP contribution in [0.4, 0.5) is 9.59 Å². The van der Waals surface area contributed by atoms with Crippen LogP contribution in [0.1, 0.15) is 18.1 Å². The van der Waals surface area contributed by atoms with Crippen LogP contribution in [0, 0.1) is 0 Å². The molecule has 0 bridgehead atoms. The Morgan fingerprint density at radius 3 is 1.88 bits per heavy atom. The van der Waals surface area contributed by atoms with E-state index in [0.717, 1.165) is 4.90 Å². The second-order valence-corrected chi connectivity index (χ2v) is 6.80. The molecule has 2 aromatic rings. The number of nitrogens with zero attached hydrogens (tertiary/aromatic N) is 1. The maximum atomic E-state index is 13.6. The normalized spacial score (nSPS) is 14.5. The van der Waals surface area contributed by atoms with Gasteiger partial charge in [-0.25, -0.2) is 9.59 Å². The van der Waals surface area contributed by atoms with E-state index in [-0.39, 0.29) is 6.61 Å². The van der Waals surface area contributed by atoms with Gasteiger partial charge in [0.2, 0.25) is 5.91 Å². The van der Waals surface area contributed by atoms with Crippen molar-refractivity contribution in [2.24, 2.45) is 0 Å². The first kappa shape index (κ1) is 22.6. The molecule has 2 aromatic carbocycles. The molecule has 168 valence electrons. The molecule has 1 fully saturated rings. The molecule has 0 radical (unpaired) electrons. The summed E-state index contributed by atoms with van der Waals surface area (Å²) >= 11 is 0. The van der Waals surface area contributed by atoms with Crippen molar-refractivity contribution in [3.63, 3.8) is 0 Å². The summed E-state index contributed by atoms with van der Waals surface area (Å²) in [6.07, 6.45) is -0.957. The molecule has 0 unspecified atom stereocenters. The van der Waals surface area contributed by atoms with E-state index in [9.17, 15) is 19.2 Å². The van der Waals surface area contributed by atoms with Crippen molar-refractivity contribution in [1.82, 2.24) is 15.5 Å². The number of amides is 5. The molecule has 10 nitrogen and oxygen atoms in total. The van der Waals surface area contributed by atoms with Crippen LogP contribution in [0.5, 0.6) is 11.5 Å². The highest BCUT2D eigenvalue weighted by Crippen LogP contribution is 2.37. The van der Waals surface area contributed by atoms with Gasteiger partial charge in [0.05, 0.1) is 20.8 Å². The van der Waals surface area contributed by atoms with Gasteiger partial charge in [0.1, 0.15) is 18.0 Å². The molecular formula is C22H23N3O7. The second-order valence-electron chi connectivity index (χ2n) is 6.80. The largest absolute Gasteiger partial charge is 0.497 e. The third-order valence-electron chi connectivity index (χ3n) is 4.97.